The van der Waals surface area contributed by atoms with Gasteiger partial charge < -0.3 is 4.74 Å². The topological polar surface area (TPSA) is 9.23 Å². The van der Waals surface area contributed by atoms with E-state index in [0.717, 1.165) is 11.1 Å². The standard InChI is InChI=1S/C21H17FO/c1-2-19(16-9-5-3-6-10-16)17-13-14-20(22)21(15-17)23-18-11-7-4-8-12-18/h2-15,19H,1H2. The Hall–Kier alpha value is -2.87. The maximum Gasteiger partial charge on any atom is 0.165 e. The van der Waals surface area contributed by atoms with Gasteiger partial charge in [0.15, 0.2) is 11.6 Å². The molecule has 114 valence electrons. The van der Waals surface area contributed by atoms with Gasteiger partial charge in [0.05, 0.1) is 0 Å². The first-order chi connectivity index (χ1) is 11.3. The van der Waals surface area contributed by atoms with Crippen LogP contribution >= 0.6 is 0 Å². The third kappa shape index (κ3) is 3.49. The molecule has 23 heavy (non-hydrogen) atoms. The van der Waals surface area contributed by atoms with Gasteiger partial charge >= 0.3 is 0 Å². The van der Waals surface area contributed by atoms with Crippen LogP contribution in [0.2, 0.25) is 0 Å². The number of ether oxygens (including phenoxy) is 1. The fourth-order valence-corrected chi connectivity index (χ4v) is 2.53. The predicted octanol–water partition coefficient (Wildman–Crippen LogP) is 5.94. The van der Waals surface area contributed by atoms with Crippen LogP contribution in [-0.4, -0.2) is 0 Å². The second kappa shape index (κ2) is 6.93. The highest BCUT2D eigenvalue weighted by atomic mass is 19.1. The Labute approximate surface area is 135 Å². The Bertz CT molecular complexity index is 781. The van der Waals surface area contributed by atoms with Gasteiger partial charge in [-0.25, -0.2) is 4.39 Å². The molecule has 0 bridgehead atoms. The molecule has 0 saturated heterocycles. The summed E-state index contributed by atoms with van der Waals surface area (Å²) in [6, 6.07) is 24.2. The molecule has 0 aliphatic heterocycles. The Morgan fingerprint density at radius 2 is 1.48 bits per heavy atom. The van der Waals surface area contributed by atoms with Gasteiger partial charge in [-0.2, -0.15) is 0 Å². The highest BCUT2D eigenvalue weighted by Gasteiger charge is 2.13. The van der Waals surface area contributed by atoms with E-state index in [0.29, 0.717) is 5.75 Å². The van der Waals surface area contributed by atoms with E-state index in [2.05, 4.69) is 6.58 Å². The second-order valence-corrected chi connectivity index (χ2v) is 5.23. The normalized spacial score (nSPS) is 11.7. The van der Waals surface area contributed by atoms with Crippen molar-refractivity contribution in [1.82, 2.24) is 0 Å². The molecule has 0 amide bonds. The zero-order valence-electron chi connectivity index (χ0n) is 12.7. The zero-order valence-corrected chi connectivity index (χ0v) is 12.7. The molecule has 1 nitrogen and oxygen atoms in total. The van der Waals surface area contributed by atoms with Crippen LogP contribution in [0.4, 0.5) is 4.39 Å². The Kier molecular flexibility index (Phi) is 4.53. The summed E-state index contributed by atoms with van der Waals surface area (Å²) < 4.78 is 19.7. The molecule has 0 saturated carbocycles. The van der Waals surface area contributed by atoms with Crippen LogP contribution in [0, 0.1) is 5.82 Å². The summed E-state index contributed by atoms with van der Waals surface area (Å²) in [6.07, 6.45) is 1.86. The van der Waals surface area contributed by atoms with Gasteiger partial charge in [0.2, 0.25) is 0 Å². The maximum absolute atomic E-state index is 14.1. The van der Waals surface area contributed by atoms with Crippen LogP contribution in [-0.2, 0) is 0 Å². The Morgan fingerprint density at radius 3 is 2.13 bits per heavy atom. The average Bonchev–Trinajstić information content (AvgIpc) is 2.60. The fraction of sp³-hybridized carbons (Fsp3) is 0.0476. The van der Waals surface area contributed by atoms with Crippen molar-refractivity contribution in [2.75, 3.05) is 0 Å². The number of halogens is 1. The molecular formula is C21H17FO. The first-order valence-corrected chi connectivity index (χ1v) is 7.48. The van der Waals surface area contributed by atoms with E-state index < -0.39 is 0 Å². The Morgan fingerprint density at radius 1 is 0.826 bits per heavy atom. The lowest BCUT2D eigenvalue weighted by molar-refractivity contribution is 0.441. The smallest absolute Gasteiger partial charge is 0.165 e. The van der Waals surface area contributed by atoms with Crippen molar-refractivity contribution in [1.29, 1.82) is 0 Å². The van der Waals surface area contributed by atoms with Crippen LogP contribution in [0.3, 0.4) is 0 Å². The molecule has 3 rings (SSSR count). The highest BCUT2D eigenvalue weighted by Crippen LogP contribution is 2.31. The lowest BCUT2D eigenvalue weighted by atomic mass is 9.91. The number of hydrogen-bond acceptors (Lipinski definition) is 1. The van der Waals surface area contributed by atoms with Crippen molar-refractivity contribution >= 4 is 0 Å². The molecule has 0 aliphatic carbocycles. The van der Waals surface area contributed by atoms with E-state index in [1.54, 1.807) is 24.3 Å². The molecule has 0 fully saturated rings. The van der Waals surface area contributed by atoms with E-state index in [1.165, 1.54) is 6.07 Å². The van der Waals surface area contributed by atoms with Crippen LogP contribution < -0.4 is 4.74 Å². The largest absolute Gasteiger partial charge is 0.454 e. The third-order valence-corrected chi connectivity index (χ3v) is 3.68. The quantitative estimate of drug-likeness (QED) is 0.530. The van der Waals surface area contributed by atoms with Gasteiger partial charge in [-0.3, -0.25) is 0 Å². The number of hydrogen-bond donors (Lipinski definition) is 0. The maximum atomic E-state index is 14.1. The van der Waals surface area contributed by atoms with Gasteiger partial charge in [0.25, 0.3) is 0 Å². The summed E-state index contributed by atoms with van der Waals surface area (Å²) in [7, 11) is 0. The van der Waals surface area contributed by atoms with Crippen molar-refractivity contribution < 1.29 is 9.13 Å². The van der Waals surface area contributed by atoms with Crippen molar-refractivity contribution in [3.05, 3.63) is 108 Å². The lowest BCUT2D eigenvalue weighted by Crippen LogP contribution is -1.99. The summed E-state index contributed by atoms with van der Waals surface area (Å²) >= 11 is 0. The molecule has 0 radical (unpaired) electrons. The fourth-order valence-electron chi connectivity index (χ4n) is 2.53. The van der Waals surface area contributed by atoms with E-state index in [1.807, 2.05) is 54.6 Å². The first-order valence-electron chi connectivity index (χ1n) is 7.48. The SMILES string of the molecule is C=CC(c1ccccc1)c1ccc(F)c(Oc2ccccc2)c1. The minimum atomic E-state index is -0.381. The third-order valence-electron chi connectivity index (χ3n) is 3.68. The molecule has 0 aromatic heterocycles. The second-order valence-electron chi connectivity index (χ2n) is 5.23. The average molecular weight is 304 g/mol. The van der Waals surface area contributed by atoms with E-state index >= 15 is 0 Å². The molecule has 1 atom stereocenters. The van der Waals surface area contributed by atoms with Crippen molar-refractivity contribution in [3.8, 4) is 11.5 Å². The molecule has 3 aromatic rings. The van der Waals surface area contributed by atoms with E-state index in [4.69, 9.17) is 4.74 Å². The van der Waals surface area contributed by atoms with Gasteiger partial charge in [0.1, 0.15) is 5.75 Å². The van der Waals surface area contributed by atoms with Crippen molar-refractivity contribution in [2.45, 2.75) is 5.92 Å². The number of benzene rings is 3. The van der Waals surface area contributed by atoms with Crippen molar-refractivity contribution in [3.63, 3.8) is 0 Å². The molecular weight excluding hydrogens is 287 g/mol. The number of allylic oxidation sites excluding steroid dienone is 1. The van der Waals surface area contributed by atoms with Gasteiger partial charge in [-0.15, -0.1) is 6.58 Å². The molecule has 2 heteroatoms. The van der Waals surface area contributed by atoms with Gasteiger partial charge in [-0.1, -0.05) is 60.7 Å². The molecule has 0 heterocycles. The summed E-state index contributed by atoms with van der Waals surface area (Å²) in [6.45, 7) is 3.92. The summed E-state index contributed by atoms with van der Waals surface area (Å²) in [4.78, 5) is 0. The van der Waals surface area contributed by atoms with Crippen molar-refractivity contribution in [2.24, 2.45) is 0 Å². The molecule has 1 unspecified atom stereocenters. The molecule has 0 spiro atoms. The number of para-hydroxylation sites is 1. The lowest BCUT2D eigenvalue weighted by Gasteiger charge is -2.15. The monoisotopic (exact) mass is 304 g/mol. The van der Waals surface area contributed by atoms with Crippen LogP contribution in [0.15, 0.2) is 91.5 Å². The van der Waals surface area contributed by atoms with Gasteiger partial charge in [-0.05, 0) is 35.4 Å². The van der Waals surface area contributed by atoms with Crippen LogP contribution in [0.1, 0.15) is 17.0 Å². The minimum absolute atomic E-state index is 0.00470. The van der Waals surface area contributed by atoms with E-state index in [-0.39, 0.29) is 17.5 Å². The molecule has 3 aromatic carbocycles. The minimum Gasteiger partial charge on any atom is -0.454 e. The zero-order chi connectivity index (χ0) is 16.1. The van der Waals surface area contributed by atoms with Crippen LogP contribution in [0.25, 0.3) is 0 Å². The highest BCUT2D eigenvalue weighted by molar-refractivity contribution is 5.42. The number of rotatable bonds is 5. The predicted molar refractivity (Wildman–Crippen MR) is 91.4 cm³/mol. The summed E-state index contributed by atoms with van der Waals surface area (Å²) in [5, 5.41) is 0. The summed E-state index contributed by atoms with van der Waals surface area (Å²) in [5.74, 6) is 0.443. The van der Waals surface area contributed by atoms with Gasteiger partial charge in [0, 0.05) is 5.92 Å². The van der Waals surface area contributed by atoms with Crippen LogP contribution in [0.5, 0.6) is 11.5 Å². The molecule has 0 aliphatic rings. The van der Waals surface area contributed by atoms with E-state index in [9.17, 15) is 4.39 Å². The molecule has 0 N–H and O–H groups in total. The first kappa shape index (κ1) is 15.0. The summed E-state index contributed by atoms with van der Waals surface area (Å²) in [5.41, 5.74) is 2.05. The Balaban J connectivity index is 1.94.